The summed E-state index contributed by atoms with van der Waals surface area (Å²) in [6.07, 6.45) is 6.52. The highest BCUT2D eigenvalue weighted by atomic mass is 16.2. The number of hydrogen-bond acceptors (Lipinski definition) is 4. The van der Waals surface area contributed by atoms with Crippen molar-refractivity contribution in [2.45, 2.75) is 31.7 Å². The lowest BCUT2D eigenvalue weighted by Gasteiger charge is -2.30. The van der Waals surface area contributed by atoms with Crippen LogP contribution in [0.5, 0.6) is 0 Å². The number of carbonyl (C=O) groups is 1. The minimum Gasteiger partial charge on any atom is -0.333 e. The molecule has 0 aliphatic carbocycles. The lowest BCUT2D eigenvalue weighted by molar-refractivity contribution is 0.0727. The Bertz CT molecular complexity index is 768. The molecule has 1 aromatic carbocycles. The first kappa shape index (κ1) is 16.2. The fourth-order valence-corrected chi connectivity index (χ4v) is 3.82. The van der Waals surface area contributed by atoms with Gasteiger partial charge in [0.2, 0.25) is 0 Å². The van der Waals surface area contributed by atoms with E-state index in [0.717, 1.165) is 44.6 Å². The van der Waals surface area contributed by atoms with Crippen LogP contribution >= 0.6 is 0 Å². The zero-order valence-electron chi connectivity index (χ0n) is 14.7. The number of piperidine rings is 1. The zero-order valence-corrected chi connectivity index (χ0v) is 14.7. The number of rotatable bonds is 2. The molecule has 25 heavy (non-hydrogen) atoms. The molecule has 0 radical (unpaired) electrons. The molecule has 1 saturated heterocycles. The molecule has 130 valence electrons. The second-order valence-electron chi connectivity index (χ2n) is 7.15. The number of amides is 1. The first-order chi connectivity index (χ1) is 12.2. The molecule has 0 unspecified atom stereocenters. The topological polar surface area (TPSA) is 49.3 Å². The summed E-state index contributed by atoms with van der Waals surface area (Å²) in [5.41, 5.74) is 4.03. The van der Waals surface area contributed by atoms with Crippen LogP contribution in [0.2, 0.25) is 0 Å². The summed E-state index contributed by atoms with van der Waals surface area (Å²) in [5, 5.41) is 0. The lowest BCUT2D eigenvalue weighted by Crippen LogP contribution is -2.36. The van der Waals surface area contributed by atoms with Crippen molar-refractivity contribution in [1.82, 2.24) is 19.8 Å². The number of aromatic nitrogens is 2. The monoisotopic (exact) mass is 336 g/mol. The van der Waals surface area contributed by atoms with Gasteiger partial charge in [0.15, 0.2) is 0 Å². The van der Waals surface area contributed by atoms with Gasteiger partial charge in [-0.15, -0.1) is 0 Å². The van der Waals surface area contributed by atoms with E-state index in [4.69, 9.17) is 0 Å². The van der Waals surface area contributed by atoms with Crippen LogP contribution in [0.1, 0.15) is 46.1 Å². The Balaban J connectivity index is 1.50. The van der Waals surface area contributed by atoms with E-state index < -0.39 is 0 Å². The van der Waals surface area contributed by atoms with Crippen LogP contribution in [0.4, 0.5) is 0 Å². The molecule has 4 rings (SSSR count). The fraction of sp³-hybridized carbons (Fsp3) is 0.450. The number of carbonyl (C=O) groups excluding carboxylic acids is 1. The second-order valence-corrected chi connectivity index (χ2v) is 7.15. The van der Waals surface area contributed by atoms with Crippen LogP contribution in [0.3, 0.4) is 0 Å². The molecule has 1 amide bonds. The van der Waals surface area contributed by atoms with E-state index in [1.807, 2.05) is 17.2 Å². The van der Waals surface area contributed by atoms with Crippen LogP contribution in [0, 0.1) is 0 Å². The van der Waals surface area contributed by atoms with Crippen LogP contribution in [0.15, 0.2) is 36.7 Å². The fourth-order valence-electron chi connectivity index (χ4n) is 3.82. The summed E-state index contributed by atoms with van der Waals surface area (Å²) in [5.74, 6) is 0.412. The Morgan fingerprint density at radius 2 is 1.84 bits per heavy atom. The smallest absolute Gasteiger partial charge is 0.274 e. The Kier molecular flexibility index (Phi) is 4.49. The van der Waals surface area contributed by atoms with Gasteiger partial charge in [-0.2, -0.15) is 0 Å². The third-order valence-electron chi connectivity index (χ3n) is 5.43. The summed E-state index contributed by atoms with van der Waals surface area (Å²) < 4.78 is 0. The van der Waals surface area contributed by atoms with E-state index in [2.05, 4.69) is 40.1 Å². The van der Waals surface area contributed by atoms with Gasteiger partial charge in [0, 0.05) is 25.2 Å². The molecule has 0 bridgehead atoms. The molecule has 1 fully saturated rings. The van der Waals surface area contributed by atoms with Gasteiger partial charge < -0.3 is 9.80 Å². The van der Waals surface area contributed by atoms with E-state index in [1.165, 1.54) is 11.1 Å². The summed E-state index contributed by atoms with van der Waals surface area (Å²) in [6.45, 7) is 3.56. The summed E-state index contributed by atoms with van der Waals surface area (Å²) in [7, 11) is 2.15. The molecule has 0 spiro atoms. The number of benzene rings is 1. The van der Waals surface area contributed by atoms with Gasteiger partial charge >= 0.3 is 0 Å². The maximum absolute atomic E-state index is 12.9. The summed E-state index contributed by atoms with van der Waals surface area (Å²) in [4.78, 5) is 26.1. The van der Waals surface area contributed by atoms with Crippen molar-refractivity contribution in [2.24, 2.45) is 0 Å². The number of nitrogens with zero attached hydrogens (tertiary/aromatic N) is 4. The Labute approximate surface area is 148 Å². The first-order valence-corrected chi connectivity index (χ1v) is 9.07. The molecule has 2 aliphatic heterocycles. The maximum atomic E-state index is 12.9. The Morgan fingerprint density at radius 1 is 1.08 bits per heavy atom. The largest absolute Gasteiger partial charge is 0.333 e. The normalized spacial score (nSPS) is 18.8. The maximum Gasteiger partial charge on any atom is 0.274 e. The number of likely N-dealkylation sites (tertiary alicyclic amines) is 1. The van der Waals surface area contributed by atoms with E-state index in [9.17, 15) is 4.79 Å². The molecule has 0 atom stereocenters. The third kappa shape index (κ3) is 3.42. The quantitative estimate of drug-likeness (QED) is 0.845. The van der Waals surface area contributed by atoms with Crippen LogP contribution < -0.4 is 0 Å². The zero-order chi connectivity index (χ0) is 17.2. The van der Waals surface area contributed by atoms with Gasteiger partial charge in [-0.05, 0) is 50.5 Å². The standard InChI is InChI=1S/C20H24N4O/c1-23-9-6-16(7-10-23)18-12-21-13-19(22-18)20(25)24-11-8-15-4-2-3-5-17(15)14-24/h2-5,12-13,16H,6-11,14H2,1H3. The lowest BCUT2D eigenvalue weighted by atomic mass is 9.94. The van der Waals surface area contributed by atoms with Crippen molar-refractivity contribution >= 4 is 5.91 Å². The molecule has 2 aliphatic rings. The van der Waals surface area contributed by atoms with E-state index in [1.54, 1.807) is 6.20 Å². The molecular weight excluding hydrogens is 312 g/mol. The van der Waals surface area contributed by atoms with Gasteiger partial charge in [-0.25, -0.2) is 4.98 Å². The highest BCUT2D eigenvalue weighted by Gasteiger charge is 2.25. The van der Waals surface area contributed by atoms with Crippen molar-refractivity contribution in [3.05, 3.63) is 59.2 Å². The van der Waals surface area contributed by atoms with Crippen molar-refractivity contribution in [2.75, 3.05) is 26.7 Å². The average molecular weight is 336 g/mol. The van der Waals surface area contributed by atoms with Gasteiger partial charge in [-0.3, -0.25) is 9.78 Å². The highest BCUT2D eigenvalue weighted by Crippen LogP contribution is 2.26. The highest BCUT2D eigenvalue weighted by molar-refractivity contribution is 5.92. The van der Waals surface area contributed by atoms with E-state index in [-0.39, 0.29) is 5.91 Å². The van der Waals surface area contributed by atoms with Gasteiger partial charge in [0.1, 0.15) is 5.69 Å². The van der Waals surface area contributed by atoms with Gasteiger partial charge in [-0.1, -0.05) is 24.3 Å². The predicted octanol–water partition coefficient (Wildman–Crippen LogP) is 2.48. The summed E-state index contributed by atoms with van der Waals surface area (Å²) in [6, 6.07) is 8.35. The molecule has 3 heterocycles. The number of hydrogen-bond donors (Lipinski definition) is 0. The predicted molar refractivity (Wildman–Crippen MR) is 96.4 cm³/mol. The van der Waals surface area contributed by atoms with Crippen molar-refractivity contribution in [3.63, 3.8) is 0 Å². The minimum atomic E-state index is -0.00298. The molecule has 5 nitrogen and oxygen atoms in total. The molecule has 2 aromatic rings. The molecular formula is C20H24N4O. The Hall–Kier alpha value is -2.27. The number of fused-ring (bicyclic) bond motifs is 1. The molecule has 5 heteroatoms. The van der Waals surface area contributed by atoms with Crippen LogP contribution in [-0.2, 0) is 13.0 Å². The van der Waals surface area contributed by atoms with E-state index in [0.29, 0.717) is 18.2 Å². The van der Waals surface area contributed by atoms with Crippen molar-refractivity contribution < 1.29 is 4.79 Å². The third-order valence-corrected chi connectivity index (χ3v) is 5.43. The molecule has 0 saturated carbocycles. The SMILES string of the molecule is CN1CCC(c2cncc(C(=O)N3CCc4ccccc4C3)n2)CC1. The van der Waals surface area contributed by atoms with Crippen LogP contribution in [0.25, 0.3) is 0 Å². The van der Waals surface area contributed by atoms with Crippen molar-refractivity contribution in [3.8, 4) is 0 Å². The molecule has 0 N–H and O–H groups in total. The average Bonchev–Trinajstić information content (AvgIpc) is 2.68. The van der Waals surface area contributed by atoms with Gasteiger partial charge in [0.25, 0.3) is 5.91 Å². The van der Waals surface area contributed by atoms with Gasteiger partial charge in [0.05, 0.1) is 11.9 Å². The summed E-state index contributed by atoms with van der Waals surface area (Å²) >= 11 is 0. The van der Waals surface area contributed by atoms with E-state index >= 15 is 0 Å². The molecule has 1 aromatic heterocycles. The van der Waals surface area contributed by atoms with Crippen LogP contribution in [-0.4, -0.2) is 52.4 Å². The first-order valence-electron chi connectivity index (χ1n) is 9.07. The van der Waals surface area contributed by atoms with Crippen molar-refractivity contribution in [1.29, 1.82) is 0 Å². The minimum absolute atomic E-state index is 0.00298. The Morgan fingerprint density at radius 3 is 2.64 bits per heavy atom. The second kappa shape index (κ2) is 6.92.